The predicted molar refractivity (Wildman–Crippen MR) is 112 cm³/mol. The van der Waals surface area contributed by atoms with Crippen molar-refractivity contribution in [2.24, 2.45) is 5.73 Å². The molecule has 3 N–H and O–H groups in total. The molecule has 2 heterocycles. The number of primary amides is 1. The number of carbonyl (C=O) groups excluding carboxylic acids is 2. The van der Waals surface area contributed by atoms with Gasteiger partial charge in [0.25, 0.3) is 0 Å². The summed E-state index contributed by atoms with van der Waals surface area (Å²) in [5.41, 5.74) is 9.48. The van der Waals surface area contributed by atoms with Crippen molar-refractivity contribution < 1.29 is 9.59 Å². The molecule has 0 spiro atoms. The van der Waals surface area contributed by atoms with Crippen LogP contribution in [0.4, 0.5) is 0 Å². The van der Waals surface area contributed by atoms with Gasteiger partial charge in [0.05, 0.1) is 18.7 Å². The molecule has 0 aliphatic rings. The van der Waals surface area contributed by atoms with Gasteiger partial charge in [-0.25, -0.2) is 9.50 Å². The van der Waals surface area contributed by atoms with E-state index >= 15 is 0 Å². The van der Waals surface area contributed by atoms with Crippen LogP contribution in [0.1, 0.15) is 47.0 Å². The van der Waals surface area contributed by atoms with E-state index in [4.69, 9.17) is 17.3 Å². The summed E-state index contributed by atoms with van der Waals surface area (Å²) in [4.78, 5) is 28.5. The zero-order chi connectivity index (χ0) is 21.8. The number of rotatable bonds is 7. The van der Waals surface area contributed by atoms with E-state index in [0.29, 0.717) is 22.7 Å². The second-order valence-electron chi connectivity index (χ2n) is 7.01. The maximum Gasteiger partial charge on any atom is 0.220 e. The Labute approximate surface area is 178 Å². The second kappa shape index (κ2) is 8.93. The predicted octanol–water partition coefficient (Wildman–Crippen LogP) is 2.54. The largest absolute Gasteiger partial charge is 0.370 e. The SMILES string of the molecule is Cc1nc2c(C#N)cnn2c(C)c1CCC(=O)N[C@H](CC(N)=O)c1ccc(Cl)cc1. The van der Waals surface area contributed by atoms with Crippen molar-refractivity contribution in [1.82, 2.24) is 19.9 Å². The van der Waals surface area contributed by atoms with E-state index in [1.807, 2.05) is 13.8 Å². The number of amides is 2. The van der Waals surface area contributed by atoms with E-state index in [9.17, 15) is 14.9 Å². The number of nitriles is 1. The number of aromatic nitrogens is 3. The number of halogens is 1. The number of benzene rings is 1. The Hall–Kier alpha value is -3.44. The van der Waals surface area contributed by atoms with Crippen LogP contribution in [-0.2, 0) is 16.0 Å². The quantitative estimate of drug-likeness (QED) is 0.602. The van der Waals surface area contributed by atoms with Crippen LogP contribution in [-0.4, -0.2) is 26.4 Å². The third kappa shape index (κ3) is 4.58. The van der Waals surface area contributed by atoms with E-state index in [1.165, 1.54) is 6.20 Å². The topological polar surface area (TPSA) is 126 Å². The number of nitrogens with zero attached hydrogens (tertiary/aromatic N) is 4. The smallest absolute Gasteiger partial charge is 0.220 e. The lowest BCUT2D eigenvalue weighted by molar-refractivity contribution is -0.122. The lowest BCUT2D eigenvalue weighted by atomic mass is 10.0. The highest BCUT2D eigenvalue weighted by molar-refractivity contribution is 6.30. The van der Waals surface area contributed by atoms with Gasteiger partial charge in [0.15, 0.2) is 5.65 Å². The molecule has 0 unspecified atom stereocenters. The van der Waals surface area contributed by atoms with Crippen LogP contribution in [0.3, 0.4) is 0 Å². The van der Waals surface area contributed by atoms with E-state index in [-0.39, 0.29) is 18.7 Å². The van der Waals surface area contributed by atoms with Crippen LogP contribution in [0, 0.1) is 25.2 Å². The summed E-state index contributed by atoms with van der Waals surface area (Å²) in [7, 11) is 0. The third-order valence-corrected chi connectivity index (χ3v) is 5.20. The van der Waals surface area contributed by atoms with Gasteiger partial charge >= 0.3 is 0 Å². The minimum absolute atomic E-state index is 0.0107. The first-order valence-corrected chi connectivity index (χ1v) is 9.75. The van der Waals surface area contributed by atoms with Crippen molar-refractivity contribution in [3.05, 3.63) is 63.6 Å². The van der Waals surface area contributed by atoms with Gasteiger partial charge < -0.3 is 11.1 Å². The summed E-state index contributed by atoms with van der Waals surface area (Å²) in [6.07, 6.45) is 2.11. The molecule has 9 heteroatoms. The maximum atomic E-state index is 12.6. The fraction of sp³-hybridized carbons (Fsp3) is 0.286. The summed E-state index contributed by atoms with van der Waals surface area (Å²) in [5.74, 6) is -0.725. The number of aryl methyl sites for hydroxylation is 2. The average molecular weight is 425 g/mol. The van der Waals surface area contributed by atoms with Crippen LogP contribution in [0.25, 0.3) is 5.65 Å². The molecule has 1 aromatic carbocycles. The van der Waals surface area contributed by atoms with Crippen LogP contribution in [0.5, 0.6) is 0 Å². The summed E-state index contributed by atoms with van der Waals surface area (Å²) in [5, 5.41) is 16.8. The number of carbonyl (C=O) groups is 2. The van der Waals surface area contributed by atoms with Crippen molar-refractivity contribution >= 4 is 29.1 Å². The average Bonchev–Trinajstić information content (AvgIpc) is 3.10. The number of hydrogen-bond acceptors (Lipinski definition) is 5. The molecule has 2 aromatic heterocycles. The summed E-state index contributed by atoms with van der Waals surface area (Å²) in [6.45, 7) is 3.73. The van der Waals surface area contributed by atoms with Crippen LogP contribution in [0.15, 0.2) is 30.5 Å². The molecule has 0 aliphatic heterocycles. The number of fused-ring (bicyclic) bond motifs is 1. The van der Waals surface area contributed by atoms with E-state index < -0.39 is 11.9 Å². The summed E-state index contributed by atoms with van der Waals surface area (Å²) >= 11 is 5.92. The Bertz CT molecular complexity index is 1150. The van der Waals surface area contributed by atoms with Crippen molar-refractivity contribution in [1.29, 1.82) is 5.26 Å². The van der Waals surface area contributed by atoms with Crippen LogP contribution < -0.4 is 11.1 Å². The Balaban J connectivity index is 1.75. The van der Waals surface area contributed by atoms with E-state index in [1.54, 1.807) is 28.8 Å². The molecular formula is C21H21ClN6O2. The molecule has 3 aromatic rings. The molecule has 0 saturated carbocycles. The molecule has 2 amide bonds. The van der Waals surface area contributed by atoms with Gasteiger partial charge in [-0.1, -0.05) is 23.7 Å². The molecule has 0 bridgehead atoms. The molecule has 1 atom stereocenters. The molecule has 0 fully saturated rings. The van der Waals surface area contributed by atoms with Gasteiger partial charge in [0.2, 0.25) is 11.8 Å². The van der Waals surface area contributed by atoms with Gasteiger partial charge in [-0.2, -0.15) is 10.4 Å². The maximum absolute atomic E-state index is 12.6. The fourth-order valence-electron chi connectivity index (χ4n) is 3.41. The van der Waals surface area contributed by atoms with Crippen molar-refractivity contribution in [2.75, 3.05) is 0 Å². The third-order valence-electron chi connectivity index (χ3n) is 4.94. The lowest BCUT2D eigenvalue weighted by Gasteiger charge is -2.18. The van der Waals surface area contributed by atoms with Gasteiger partial charge in [0, 0.05) is 22.8 Å². The normalized spacial score (nSPS) is 11.8. The molecule has 0 saturated heterocycles. The molecule has 3 rings (SSSR count). The zero-order valence-corrected chi connectivity index (χ0v) is 17.4. The van der Waals surface area contributed by atoms with Crippen molar-refractivity contribution in [3.63, 3.8) is 0 Å². The number of nitrogens with two attached hydrogens (primary N) is 1. The highest BCUT2D eigenvalue weighted by Gasteiger charge is 2.19. The summed E-state index contributed by atoms with van der Waals surface area (Å²) in [6, 6.07) is 8.46. The first-order chi connectivity index (χ1) is 14.3. The fourth-order valence-corrected chi connectivity index (χ4v) is 3.53. The van der Waals surface area contributed by atoms with Gasteiger partial charge in [-0.15, -0.1) is 0 Å². The molecule has 30 heavy (non-hydrogen) atoms. The van der Waals surface area contributed by atoms with Gasteiger partial charge in [0.1, 0.15) is 11.6 Å². The lowest BCUT2D eigenvalue weighted by Crippen LogP contribution is -2.32. The van der Waals surface area contributed by atoms with Crippen molar-refractivity contribution in [3.8, 4) is 6.07 Å². The number of nitrogens with one attached hydrogen (secondary N) is 1. The highest BCUT2D eigenvalue weighted by atomic mass is 35.5. The summed E-state index contributed by atoms with van der Waals surface area (Å²) < 4.78 is 1.61. The van der Waals surface area contributed by atoms with Crippen LogP contribution in [0.2, 0.25) is 5.02 Å². The highest BCUT2D eigenvalue weighted by Crippen LogP contribution is 2.21. The molecule has 154 valence electrons. The van der Waals surface area contributed by atoms with Gasteiger partial charge in [-0.3, -0.25) is 9.59 Å². The molecular weight excluding hydrogens is 404 g/mol. The van der Waals surface area contributed by atoms with E-state index in [0.717, 1.165) is 22.5 Å². The standard InChI is InChI=1S/C21H21ClN6O2/c1-12-17(13(2)28-21(26-12)15(10-23)11-25-28)7-8-20(30)27-18(9-19(24)29)14-3-5-16(22)6-4-14/h3-6,11,18H,7-9H2,1-2H3,(H2,24,29)(H,27,30)/t18-/m1/s1. The first kappa shape index (κ1) is 21.3. The minimum Gasteiger partial charge on any atom is -0.370 e. The Morgan fingerprint density at radius 3 is 2.63 bits per heavy atom. The second-order valence-corrected chi connectivity index (χ2v) is 7.45. The first-order valence-electron chi connectivity index (χ1n) is 9.37. The Kier molecular flexibility index (Phi) is 6.33. The Morgan fingerprint density at radius 2 is 2.00 bits per heavy atom. The zero-order valence-electron chi connectivity index (χ0n) is 16.6. The van der Waals surface area contributed by atoms with Crippen molar-refractivity contribution in [2.45, 2.75) is 39.2 Å². The molecule has 0 radical (unpaired) electrons. The Morgan fingerprint density at radius 1 is 1.30 bits per heavy atom. The molecule has 0 aliphatic carbocycles. The van der Waals surface area contributed by atoms with E-state index in [2.05, 4.69) is 21.5 Å². The van der Waals surface area contributed by atoms with Gasteiger partial charge in [-0.05, 0) is 43.5 Å². The monoisotopic (exact) mass is 424 g/mol. The minimum atomic E-state index is -0.528. The van der Waals surface area contributed by atoms with Crippen LogP contribution >= 0.6 is 11.6 Å². The molecule has 8 nitrogen and oxygen atoms in total. The number of hydrogen-bond donors (Lipinski definition) is 2.